The number of alkyl halides is 12. The van der Waals surface area contributed by atoms with Crippen molar-refractivity contribution in [2.75, 3.05) is 6.54 Å². The third kappa shape index (κ3) is 4.67. The number of rotatable bonds is 2. The van der Waals surface area contributed by atoms with Gasteiger partial charge in [-0.05, 0) is 49.2 Å². The van der Waals surface area contributed by atoms with Crippen LogP contribution in [0.4, 0.5) is 57.5 Å². The van der Waals surface area contributed by atoms with Gasteiger partial charge < -0.3 is 9.64 Å². The van der Waals surface area contributed by atoms with E-state index >= 15 is 0 Å². The molecule has 1 atom stereocenters. The topological polar surface area (TPSA) is 29.5 Å². The zero-order valence-electron chi connectivity index (χ0n) is 18.0. The summed E-state index contributed by atoms with van der Waals surface area (Å²) in [5.41, 5.74) is -12.5. The van der Waals surface area contributed by atoms with Crippen molar-refractivity contribution in [3.8, 4) is 0 Å². The van der Waals surface area contributed by atoms with Gasteiger partial charge in [-0.3, -0.25) is 0 Å². The van der Waals surface area contributed by atoms with Crippen molar-refractivity contribution in [1.29, 1.82) is 0 Å². The Bertz CT molecular complexity index is 1090. The number of nitrogens with zero attached hydrogens (tertiary/aromatic N) is 1. The van der Waals surface area contributed by atoms with E-state index < -0.39 is 75.8 Å². The first-order valence-electron chi connectivity index (χ1n) is 10.3. The highest BCUT2D eigenvalue weighted by molar-refractivity contribution is 5.74. The predicted molar refractivity (Wildman–Crippen MR) is 99.9 cm³/mol. The average molecular weight is 551 g/mol. The Morgan fingerprint density at radius 2 is 1.00 bits per heavy atom. The van der Waals surface area contributed by atoms with Crippen molar-refractivity contribution >= 4 is 6.09 Å². The second-order valence-electron chi connectivity index (χ2n) is 8.54. The number of carbonyl (C=O) groups excluding carboxylic acids is 1. The van der Waals surface area contributed by atoms with E-state index in [0.717, 1.165) is 4.90 Å². The van der Waals surface area contributed by atoms with Gasteiger partial charge in [0.25, 0.3) is 0 Å². The van der Waals surface area contributed by atoms with Crippen molar-refractivity contribution in [1.82, 2.24) is 4.90 Å². The number of hydrogen-bond donors (Lipinski definition) is 0. The van der Waals surface area contributed by atoms with Crippen LogP contribution in [0, 0.1) is 0 Å². The highest BCUT2D eigenvalue weighted by atomic mass is 19.4. The van der Waals surface area contributed by atoms with Gasteiger partial charge in [-0.15, -0.1) is 0 Å². The number of carbonyl (C=O) groups is 1. The average Bonchev–Trinajstić information content (AvgIpc) is 3.34. The number of hydrogen-bond acceptors (Lipinski definition) is 2. The van der Waals surface area contributed by atoms with Crippen LogP contribution in [0.1, 0.15) is 46.2 Å². The molecule has 4 rings (SSSR count). The highest BCUT2D eigenvalue weighted by Gasteiger charge is 2.59. The smallest absolute Gasteiger partial charge is 0.416 e. The first-order chi connectivity index (χ1) is 16.7. The van der Waals surface area contributed by atoms with Gasteiger partial charge in [0.15, 0.2) is 5.60 Å². The molecule has 0 aromatic heterocycles. The summed E-state index contributed by atoms with van der Waals surface area (Å²) in [5.74, 6) is 0. The van der Waals surface area contributed by atoms with E-state index in [0.29, 0.717) is 0 Å². The fraction of sp³-hybridized carbons (Fsp3) is 0.409. The minimum absolute atomic E-state index is 0.123. The number of amides is 1. The zero-order chi connectivity index (χ0) is 27.8. The summed E-state index contributed by atoms with van der Waals surface area (Å²) in [6.45, 7) is -0.124. The fourth-order valence-corrected chi connectivity index (χ4v) is 4.68. The second-order valence-corrected chi connectivity index (χ2v) is 8.54. The molecule has 37 heavy (non-hydrogen) atoms. The number of halogens is 12. The molecule has 2 saturated heterocycles. The van der Waals surface area contributed by atoms with Gasteiger partial charge in [0, 0.05) is 17.7 Å². The Hall–Kier alpha value is -3.13. The van der Waals surface area contributed by atoms with Crippen molar-refractivity contribution in [2.24, 2.45) is 0 Å². The SMILES string of the molecule is O=C1OC(c2cc(C(F)(F)F)cc(C(F)(F)F)c2)(c2cc(C(F)(F)F)cc(C(F)(F)F)c2)[C@@H]2CCCN12. The van der Waals surface area contributed by atoms with Crippen LogP contribution < -0.4 is 0 Å². The quantitative estimate of drug-likeness (QED) is 0.360. The summed E-state index contributed by atoms with van der Waals surface area (Å²) >= 11 is 0. The summed E-state index contributed by atoms with van der Waals surface area (Å²) in [4.78, 5) is 13.4. The maximum atomic E-state index is 13.6. The van der Waals surface area contributed by atoms with Crippen LogP contribution in [-0.2, 0) is 35.0 Å². The molecule has 2 aromatic carbocycles. The Labute approximate surface area is 199 Å². The monoisotopic (exact) mass is 551 g/mol. The minimum atomic E-state index is -5.39. The Balaban J connectivity index is 2.12. The molecule has 15 heteroatoms. The molecule has 0 spiro atoms. The Morgan fingerprint density at radius 3 is 1.32 bits per heavy atom. The summed E-state index contributed by atoms with van der Waals surface area (Å²) in [6, 6.07) is -1.44. The molecule has 2 aromatic rings. The summed E-state index contributed by atoms with van der Waals surface area (Å²) in [7, 11) is 0. The number of benzene rings is 2. The zero-order valence-corrected chi connectivity index (χ0v) is 18.0. The molecule has 202 valence electrons. The van der Waals surface area contributed by atoms with Gasteiger partial charge in [-0.25, -0.2) is 4.79 Å². The molecule has 0 radical (unpaired) electrons. The van der Waals surface area contributed by atoms with Gasteiger partial charge in [-0.2, -0.15) is 52.7 Å². The van der Waals surface area contributed by atoms with Crippen LogP contribution in [0.5, 0.6) is 0 Å². The Kier molecular flexibility index (Phi) is 5.95. The van der Waals surface area contributed by atoms with Gasteiger partial charge in [0.1, 0.15) is 0 Å². The number of fused-ring (bicyclic) bond motifs is 1. The fourth-order valence-electron chi connectivity index (χ4n) is 4.68. The Morgan fingerprint density at radius 1 is 0.649 bits per heavy atom. The van der Waals surface area contributed by atoms with E-state index in [1.54, 1.807) is 0 Å². The van der Waals surface area contributed by atoms with E-state index in [2.05, 4.69) is 0 Å². The lowest BCUT2D eigenvalue weighted by Crippen LogP contribution is -2.41. The second kappa shape index (κ2) is 8.18. The molecular formula is C22H13F12NO2. The summed E-state index contributed by atoms with van der Waals surface area (Å²) in [6.07, 6.45) is -22.9. The molecule has 2 aliphatic heterocycles. The van der Waals surface area contributed by atoms with Crippen LogP contribution >= 0.6 is 0 Å². The molecule has 0 bridgehead atoms. The van der Waals surface area contributed by atoms with Crippen LogP contribution in [0.3, 0.4) is 0 Å². The predicted octanol–water partition coefficient (Wildman–Crippen LogP) is 7.62. The van der Waals surface area contributed by atoms with Gasteiger partial charge in [0.2, 0.25) is 0 Å². The molecular weight excluding hydrogens is 538 g/mol. The van der Waals surface area contributed by atoms with E-state index in [1.165, 1.54) is 0 Å². The molecule has 0 unspecified atom stereocenters. The lowest BCUT2D eigenvalue weighted by Gasteiger charge is -2.35. The maximum Gasteiger partial charge on any atom is 0.416 e. The largest absolute Gasteiger partial charge is 0.431 e. The lowest BCUT2D eigenvalue weighted by atomic mass is 9.77. The number of ether oxygens (including phenoxy) is 1. The van der Waals surface area contributed by atoms with Gasteiger partial charge in [0.05, 0.1) is 28.3 Å². The normalized spacial score (nSPS) is 20.3. The summed E-state index contributed by atoms with van der Waals surface area (Å²) < 4.78 is 168. The third-order valence-electron chi connectivity index (χ3n) is 6.24. The molecule has 0 N–H and O–H groups in total. The van der Waals surface area contributed by atoms with Crippen molar-refractivity contribution in [3.63, 3.8) is 0 Å². The molecule has 3 nitrogen and oxygen atoms in total. The maximum absolute atomic E-state index is 13.6. The van der Waals surface area contributed by atoms with Crippen molar-refractivity contribution in [2.45, 2.75) is 49.2 Å². The van der Waals surface area contributed by atoms with Crippen LogP contribution in [0.15, 0.2) is 36.4 Å². The van der Waals surface area contributed by atoms with Crippen molar-refractivity contribution in [3.05, 3.63) is 69.8 Å². The van der Waals surface area contributed by atoms with Gasteiger partial charge in [-0.1, -0.05) is 0 Å². The summed E-state index contributed by atoms with van der Waals surface area (Å²) in [5, 5.41) is 0. The third-order valence-corrected chi connectivity index (χ3v) is 6.24. The highest BCUT2D eigenvalue weighted by Crippen LogP contribution is 2.52. The standard InChI is InChI=1S/C22H13F12NO2/c23-19(24,25)12-4-10(5-13(8-12)20(26,27)28)18(16-2-1-3-35(16)17(36)37-18)11-6-14(21(29,30)31)9-15(7-11)22(32,33)34/h4-9,16H,1-3H2/t16-/m0/s1. The lowest BCUT2D eigenvalue weighted by molar-refractivity contribution is -0.144. The van der Waals surface area contributed by atoms with E-state index in [4.69, 9.17) is 4.74 Å². The molecule has 0 saturated carbocycles. The molecule has 2 aliphatic rings. The minimum Gasteiger partial charge on any atom is -0.431 e. The van der Waals surface area contributed by atoms with Crippen molar-refractivity contribution < 1.29 is 62.2 Å². The molecule has 0 aliphatic carbocycles. The van der Waals surface area contributed by atoms with Crippen LogP contribution in [0.2, 0.25) is 0 Å². The first kappa shape index (κ1) is 26.9. The van der Waals surface area contributed by atoms with E-state index in [9.17, 15) is 57.5 Å². The molecule has 1 amide bonds. The molecule has 2 fully saturated rings. The van der Waals surface area contributed by atoms with Crippen LogP contribution in [0.25, 0.3) is 0 Å². The molecule has 2 heterocycles. The number of cyclic esters (lactones) is 1. The van der Waals surface area contributed by atoms with Gasteiger partial charge >= 0.3 is 30.8 Å². The first-order valence-corrected chi connectivity index (χ1v) is 10.3. The van der Waals surface area contributed by atoms with E-state index in [-0.39, 0.29) is 55.8 Å². The van der Waals surface area contributed by atoms with E-state index in [1.807, 2.05) is 0 Å². The van der Waals surface area contributed by atoms with Crippen LogP contribution in [-0.4, -0.2) is 23.6 Å².